The number of carbonyl (C=O) groups excluding carboxylic acids is 1. The minimum absolute atomic E-state index is 0.0451. The highest BCUT2D eigenvalue weighted by Gasteiger charge is 2.22. The summed E-state index contributed by atoms with van der Waals surface area (Å²) in [5.41, 5.74) is 2.06. The Morgan fingerprint density at radius 1 is 1.47 bits per heavy atom. The predicted molar refractivity (Wildman–Crippen MR) is 64.1 cm³/mol. The zero-order valence-corrected chi connectivity index (χ0v) is 9.43. The van der Waals surface area contributed by atoms with Crippen molar-refractivity contribution in [2.24, 2.45) is 0 Å². The van der Waals surface area contributed by atoms with Gasteiger partial charge in [-0.05, 0) is 19.1 Å². The van der Waals surface area contributed by atoms with Gasteiger partial charge in [-0.3, -0.25) is 10.1 Å². The minimum Gasteiger partial charge on any atom is -0.325 e. The number of nitrogens with one attached hydrogen (secondary N) is 2. The summed E-state index contributed by atoms with van der Waals surface area (Å²) in [6.45, 7) is 2.03. The molecule has 1 aliphatic heterocycles. The molecule has 1 aromatic carbocycles. The Morgan fingerprint density at radius 2 is 2.20 bits per heavy atom. The van der Waals surface area contributed by atoms with E-state index in [4.69, 9.17) is 0 Å². The van der Waals surface area contributed by atoms with Crippen molar-refractivity contribution < 1.29 is 4.79 Å². The average molecular weight is 222 g/mol. The number of anilines is 1. The SMILES string of the molecule is Cc1ccc(NC(=O)[C@H]2CSCN2)cc1. The van der Waals surface area contributed by atoms with Crippen molar-refractivity contribution in [2.45, 2.75) is 13.0 Å². The lowest BCUT2D eigenvalue weighted by atomic mass is 10.2. The van der Waals surface area contributed by atoms with Gasteiger partial charge in [0.1, 0.15) is 0 Å². The molecule has 1 heterocycles. The zero-order chi connectivity index (χ0) is 10.7. The van der Waals surface area contributed by atoms with E-state index in [-0.39, 0.29) is 11.9 Å². The van der Waals surface area contributed by atoms with E-state index in [1.165, 1.54) is 5.56 Å². The number of thioether (sulfide) groups is 1. The van der Waals surface area contributed by atoms with Crippen LogP contribution in [-0.2, 0) is 4.79 Å². The first-order valence-corrected chi connectivity index (χ1v) is 6.10. The third-order valence-corrected chi connectivity index (χ3v) is 3.29. The molecule has 1 atom stereocenters. The predicted octanol–water partition coefficient (Wildman–Crippen LogP) is 1.60. The molecule has 80 valence electrons. The average Bonchev–Trinajstić information content (AvgIpc) is 2.74. The Balaban J connectivity index is 1.96. The summed E-state index contributed by atoms with van der Waals surface area (Å²) in [4.78, 5) is 11.7. The summed E-state index contributed by atoms with van der Waals surface area (Å²) in [6, 6.07) is 7.79. The Bertz CT molecular complexity index is 344. The van der Waals surface area contributed by atoms with Crippen LogP contribution in [0.25, 0.3) is 0 Å². The van der Waals surface area contributed by atoms with Crippen molar-refractivity contribution in [3.8, 4) is 0 Å². The number of carbonyl (C=O) groups is 1. The van der Waals surface area contributed by atoms with Gasteiger partial charge in [-0.25, -0.2) is 0 Å². The third kappa shape index (κ3) is 2.73. The van der Waals surface area contributed by atoms with Gasteiger partial charge < -0.3 is 5.32 Å². The van der Waals surface area contributed by atoms with Crippen LogP contribution in [0, 0.1) is 6.92 Å². The van der Waals surface area contributed by atoms with Gasteiger partial charge >= 0.3 is 0 Å². The monoisotopic (exact) mass is 222 g/mol. The van der Waals surface area contributed by atoms with Gasteiger partial charge in [0.2, 0.25) is 5.91 Å². The maximum absolute atomic E-state index is 11.7. The van der Waals surface area contributed by atoms with Crippen molar-refractivity contribution in [1.82, 2.24) is 5.32 Å². The Hall–Kier alpha value is -1.00. The fraction of sp³-hybridized carbons (Fsp3) is 0.364. The van der Waals surface area contributed by atoms with Crippen molar-refractivity contribution in [3.63, 3.8) is 0 Å². The lowest BCUT2D eigenvalue weighted by molar-refractivity contribution is -0.117. The van der Waals surface area contributed by atoms with Gasteiger partial charge in [0.05, 0.1) is 6.04 Å². The molecule has 2 N–H and O–H groups in total. The molecule has 3 nitrogen and oxygen atoms in total. The highest BCUT2D eigenvalue weighted by Crippen LogP contribution is 2.13. The summed E-state index contributed by atoms with van der Waals surface area (Å²) in [5.74, 6) is 1.78. The van der Waals surface area contributed by atoms with Crippen LogP contribution in [0.3, 0.4) is 0 Å². The maximum atomic E-state index is 11.7. The van der Waals surface area contributed by atoms with E-state index in [2.05, 4.69) is 10.6 Å². The molecule has 0 bridgehead atoms. The van der Waals surface area contributed by atoms with Crippen LogP contribution < -0.4 is 10.6 Å². The molecule has 1 fully saturated rings. The topological polar surface area (TPSA) is 41.1 Å². The van der Waals surface area contributed by atoms with Crippen LogP contribution >= 0.6 is 11.8 Å². The van der Waals surface area contributed by atoms with E-state index < -0.39 is 0 Å². The second kappa shape index (κ2) is 4.68. The number of benzene rings is 1. The highest BCUT2D eigenvalue weighted by atomic mass is 32.2. The summed E-state index contributed by atoms with van der Waals surface area (Å²) in [6.07, 6.45) is 0. The third-order valence-electron chi connectivity index (χ3n) is 2.35. The van der Waals surface area contributed by atoms with E-state index in [9.17, 15) is 4.79 Å². The molecule has 15 heavy (non-hydrogen) atoms. The summed E-state index contributed by atoms with van der Waals surface area (Å²) < 4.78 is 0. The number of rotatable bonds is 2. The van der Waals surface area contributed by atoms with Crippen LogP contribution in [0.4, 0.5) is 5.69 Å². The molecular formula is C11H14N2OS. The Morgan fingerprint density at radius 3 is 2.80 bits per heavy atom. The largest absolute Gasteiger partial charge is 0.325 e. The van der Waals surface area contributed by atoms with Crippen LogP contribution in [0.15, 0.2) is 24.3 Å². The molecule has 0 saturated carbocycles. The molecule has 1 aliphatic rings. The smallest absolute Gasteiger partial charge is 0.242 e. The van der Waals surface area contributed by atoms with Gasteiger partial charge in [0.15, 0.2) is 0 Å². The number of amides is 1. The lowest BCUT2D eigenvalue weighted by Crippen LogP contribution is -2.37. The van der Waals surface area contributed by atoms with Crippen LogP contribution in [0.2, 0.25) is 0 Å². The number of aryl methyl sites for hydroxylation is 1. The normalized spacial score (nSPS) is 20.2. The van der Waals surface area contributed by atoms with Gasteiger partial charge in [0.25, 0.3) is 0 Å². The number of hydrogen-bond acceptors (Lipinski definition) is 3. The number of hydrogen-bond donors (Lipinski definition) is 2. The molecule has 1 amide bonds. The minimum atomic E-state index is -0.0451. The highest BCUT2D eigenvalue weighted by molar-refractivity contribution is 7.99. The van der Waals surface area contributed by atoms with E-state index >= 15 is 0 Å². The molecule has 1 saturated heterocycles. The van der Waals surface area contributed by atoms with Crippen LogP contribution in [0.1, 0.15) is 5.56 Å². The van der Waals surface area contributed by atoms with Crippen molar-refractivity contribution >= 4 is 23.4 Å². The van der Waals surface area contributed by atoms with Gasteiger partial charge in [-0.15, -0.1) is 11.8 Å². The fourth-order valence-electron chi connectivity index (χ4n) is 1.43. The van der Waals surface area contributed by atoms with E-state index in [1.807, 2.05) is 31.2 Å². The van der Waals surface area contributed by atoms with E-state index in [1.54, 1.807) is 11.8 Å². The van der Waals surface area contributed by atoms with Crippen LogP contribution in [-0.4, -0.2) is 23.6 Å². The first-order valence-electron chi connectivity index (χ1n) is 4.94. The Labute approximate surface area is 93.6 Å². The van der Waals surface area contributed by atoms with E-state index in [0.29, 0.717) is 0 Å². The molecule has 0 aromatic heterocycles. The molecule has 0 spiro atoms. The second-order valence-electron chi connectivity index (χ2n) is 3.63. The zero-order valence-electron chi connectivity index (χ0n) is 8.62. The maximum Gasteiger partial charge on any atom is 0.242 e. The molecule has 1 aromatic rings. The van der Waals surface area contributed by atoms with Crippen molar-refractivity contribution in [1.29, 1.82) is 0 Å². The second-order valence-corrected chi connectivity index (χ2v) is 4.66. The standard InChI is InChI=1S/C11H14N2OS/c1-8-2-4-9(5-3-8)13-11(14)10-6-15-7-12-10/h2-5,10,12H,6-7H2,1H3,(H,13,14)/t10-/m1/s1. The van der Waals surface area contributed by atoms with Crippen molar-refractivity contribution in [2.75, 3.05) is 16.9 Å². The molecule has 0 radical (unpaired) electrons. The van der Waals surface area contributed by atoms with E-state index in [0.717, 1.165) is 17.3 Å². The first-order chi connectivity index (χ1) is 7.25. The van der Waals surface area contributed by atoms with Crippen LogP contribution in [0.5, 0.6) is 0 Å². The molecular weight excluding hydrogens is 208 g/mol. The van der Waals surface area contributed by atoms with Gasteiger partial charge in [0, 0.05) is 17.3 Å². The quantitative estimate of drug-likeness (QED) is 0.798. The molecule has 0 unspecified atom stereocenters. The molecule has 4 heteroatoms. The van der Waals surface area contributed by atoms with Gasteiger partial charge in [-0.1, -0.05) is 17.7 Å². The summed E-state index contributed by atoms with van der Waals surface area (Å²) in [5, 5.41) is 6.04. The Kier molecular flexibility index (Phi) is 3.28. The first kappa shape index (κ1) is 10.5. The lowest BCUT2D eigenvalue weighted by Gasteiger charge is -2.10. The molecule has 2 rings (SSSR count). The summed E-state index contributed by atoms with van der Waals surface area (Å²) in [7, 11) is 0. The van der Waals surface area contributed by atoms with Gasteiger partial charge in [-0.2, -0.15) is 0 Å². The molecule has 0 aliphatic carbocycles. The van der Waals surface area contributed by atoms with Crippen molar-refractivity contribution in [3.05, 3.63) is 29.8 Å². The summed E-state index contributed by atoms with van der Waals surface area (Å²) >= 11 is 1.75. The fourth-order valence-corrected chi connectivity index (χ4v) is 2.37.